The highest BCUT2D eigenvalue weighted by atomic mass is 16.5. The van der Waals surface area contributed by atoms with Gasteiger partial charge in [0.2, 0.25) is 0 Å². The van der Waals surface area contributed by atoms with Crippen LogP contribution in [0.25, 0.3) is 11.1 Å². The molecule has 1 N–H and O–H groups in total. The molecule has 0 saturated carbocycles. The summed E-state index contributed by atoms with van der Waals surface area (Å²) in [4.78, 5) is 0. The second-order valence-electron chi connectivity index (χ2n) is 6.69. The summed E-state index contributed by atoms with van der Waals surface area (Å²) in [5, 5.41) is 9.19. The van der Waals surface area contributed by atoms with Crippen LogP contribution in [-0.2, 0) is 6.42 Å². The summed E-state index contributed by atoms with van der Waals surface area (Å²) < 4.78 is 5.76. The normalized spacial score (nSPS) is 14.0. The summed E-state index contributed by atoms with van der Waals surface area (Å²) in [6.45, 7) is 1.89. The molecule has 0 radical (unpaired) electrons. The van der Waals surface area contributed by atoms with Crippen molar-refractivity contribution in [1.29, 1.82) is 0 Å². The lowest BCUT2D eigenvalue weighted by Gasteiger charge is -2.16. The van der Waals surface area contributed by atoms with Gasteiger partial charge in [-0.3, -0.25) is 0 Å². The third-order valence-corrected chi connectivity index (χ3v) is 4.90. The van der Waals surface area contributed by atoms with Gasteiger partial charge >= 0.3 is 0 Å². The first-order chi connectivity index (χ1) is 12.3. The molecular formula is C23H22O2. The molecule has 1 aliphatic rings. The van der Waals surface area contributed by atoms with Crippen LogP contribution in [0.4, 0.5) is 0 Å². The Labute approximate surface area is 148 Å². The molecule has 0 saturated heterocycles. The zero-order valence-electron chi connectivity index (χ0n) is 14.4. The van der Waals surface area contributed by atoms with Gasteiger partial charge in [0.15, 0.2) is 0 Å². The largest absolute Gasteiger partial charge is 0.488 e. The molecular weight excluding hydrogens is 308 g/mol. The van der Waals surface area contributed by atoms with Crippen LogP contribution in [0.15, 0.2) is 72.8 Å². The lowest BCUT2D eigenvalue weighted by atomic mass is 9.90. The van der Waals surface area contributed by atoms with Gasteiger partial charge in [-0.25, -0.2) is 0 Å². The molecule has 0 heterocycles. The van der Waals surface area contributed by atoms with E-state index in [2.05, 4.69) is 60.7 Å². The Morgan fingerprint density at radius 2 is 1.52 bits per heavy atom. The first-order valence-electron chi connectivity index (χ1n) is 8.81. The quantitative estimate of drug-likeness (QED) is 0.728. The molecule has 0 fully saturated rings. The smallest absolute Gasteiger partial charge is 0.120 e. The highest BCUT2D eigenvalue weighted by molar-refractivity contribution is 5.78. The van der Waals surface area contributed by atoms with Gasteiger partial charge in [-0.05, 0) is 53.3 Å². The SMILES string of the molecule is C[C@H](CO)Oc1cccc(CC2c3ccccc3-c3ccccc32)c1. The molecule has 2 heteroatoms. The predicted molar refractivity (Wildman–Crippen MR) is 101 cm³/mol. The van der Waals surface area contributed by atoms with Gasteiger partial charge in [-0.1, -0.05) is 60.7 Å². The zero-order valence-corrected chi connectivity index (χ0v) is 14.4. The number of hydrogen-bond donors (Lipinski definition) is 1. The summed E-state index contributed by atoms with van der Waals surface area (Å²) in [5.41, 5.74) is 6.76. The van der Waals surface area contributed by atoms with E-state index in [0.29, 0.717) is 5.92 Å². The van der Waals surface area contributed by atoms with Crippen LogP contribution >= 0.6 is 0 Å². The zero-order chi connectivity index (χ0) is 17.2. The van der Waals surface area contributed by atoms with E-state index in [9.17, 15) is 5.11 Å². The van der Waals surface area contributed by atoms with Gasteiger partial charge < -0.3 is 9.84 Å². The molecule has 0 bridgehead atoms. The number of rotatable bonds is 5. The molecule has 0 spiro atoms. The van der Waals surface area contributed by atoms with E-state index in [0.717, 1.165) is 12.2 Å². The van der Waals surface area contributed by atoms with Gasteiger partial charge in [0, 0.05) is 5.92 Å². The minimum Gasteiger partial charge on any atom is -0.488 e. The summed E-state index contributed by atoms with van der Waals surface area (Å²) in [7, 11) is 0. The highest BCUT2D eigenvalue weighted by Crippen LogP contribution is 2.46. The first kappa shape index (κ1) is 15.9. The van der Waals surface area contributed by atoms with Crippen molar-refractivity contribution in [1.82, 2.24) is 0 Å². The van der Waals surface area contributed by atoms with Crippen molar-refractivity contribution in [3.05, 3.63) is 89.5 Å². The minimum absolute atomic E-state index is 0.0214. The Bertz CT molecular complexity index is 839. The van der Waals surface area contributed by atoms with Gasteiger partial charge in [0.1, 0.15) is 11.9 Å². The van der Waals surface area contributed by atoms with E-state index in [-0.39, 0.29) is 12.7 Å². The standard InChI is InChI=1S/C23H22O2/c1-16(15-24)25-18-8-6-7-17(13-18)14-23-21-11-4-2-9-19(21)20-10-3-5-12-22(20)23/h2-13,16,23-24H,14-15H2,1H3/t16-/m1/s1. The van der Waals surface area contributed by atoms with E-state index >= 15 is 0 Å². The molecule has 1 atom stereocenters. The molecule has 0 aromatic heterocycles. The van der Waals surface area contributed by atoms with Crippen molar-refractivity contribution in [2.45, 2.75) is 25.4 Å². The molecule has 0 aliphatic heterocycles. The van der Waals surface area contributed by atoms with E-state index in [1.807, 2.05) is 19.1 Å². The van der Waals surface area contributed by atoms with E-state index < -0.39 is 0 Å². The average Bonchev–Trinajstić information content (AvgIpc) is 2.96. The molecule has 3 aromatic carbocycles. The summed E-state index contributed by atoms with van der Waals surface area (Å²) in [5.74, 6) is 1.19. The van der Waals surface area contributed by atoms with Crippen molar-refractivity contribution in [2.75, 3.05) is 6.61 Å². The average molecular weight is 330 g/mol. The lowest BCUT2D eigenvalue weighted by molar-refractivity contribution is 0.129. The van der Waals surface area contributed by atoms with Crippen LogP contribution in [0.3, 0.4) is 0 Å². The Morgan fingerprint density at radius 3 is 2.16 bits per heavy atom. The van der Waals surface area contributed by atoms with Crippen LogP contribution in [0.5, 0.6) is 5.75 Å². The summed E-state index contributed by atoms with van der Waals surface area (Å²) in [6.07, 6.45) is 0.752. The summed E-state index contributed by atoms with van der Waals surface area (Å²) >= 11 is 0. The maximum atomic E-state index is 9.19. The Balaban J connectivity index is 1.66. The van der Waals surface area contributed by atoms with Gasteiger partial charge in [0.25, 0.3) is 0 Å². The number of aliphatic hydroxyl groups is 1. The van der Waals surface area contributed by atoms with Gasteiger partial charge in [-0.2, -0.15) is 0 Å². The second kappa shape index (κ2) is 6.73. The lowest BCUT2D eigenvalue weighted by Crippen LogP contribution is -2.16. The molecule has 25 heavy (non-hydrogen) atoms. The highest BCUT2D eigenvalue weighted by Gasteiger charge is 2.27. The van der Waals surface area contributed by atoms with Crippen LogP contribution in [0.1, 0.15) is 29.5 Å². The van der Waals surface area contributed by atoms with Gasteiger partial charge in [-0.15, -0.1) is 0 Å². The van der Waals surface area contributed by atoms with Crippen molar-refractivity contribution >= 4 is 0 Å². The van der Waals surface area contributed by atoms with Crippen LogP contribution in [-0.4, -0.2) is 17.8 Å². The number of aliphatic hydroxyl groups excluding tert-OH is 1. The van der Waals surface area contributed by atoms with E-state index in [1.165, 1.54) is 27.8 Å². The molecule has 3 aromatic rings. The van der Waals surface area contributed by atoms with Crippen molar-refractivity contribution in [3.63, 3.8) is 0 Å². The molecule has 1 aliphatic carbocycles. The second-order valence-corrected chi connectivity index (χ2v) is 6.69. The number of hydrogen-bond acceptors (Lipinski definition) is 2. The Kier molecular flexibility index (Phi) is 4.29. The van der Waals surface area contributed by atoms with E-state index in [1.54, 1.807) is 0 Å². The maximum absolute atomic E-state index is 9.19. The Morgan fingerprint density at radius 1 is 0.880 bits per heavy atom. The monoisotopic (exact) mass is 330 g/mol. The third kappa shape index (κ3) is 3.06. The number of fused-ring (bicyclic) bond motifs is 3. The molecule has 126 valence electrons. The van der Waals surface area contributed by atoms with Gasteiger partial charge in [0.05, 0.1) is 6.61 Å². The van der Waals surface area contributed by atoms with Crippen molar-refractivity contribution < 1.29 is 9.84 Å². The maximum Gasteiger partial charge on any atom is 0.120 e. The third-order valence-electron chi connectivity index (χ3n) is 4.90. The molecule has 2 nitrogen and oxygen atoms in total. The van der Waals surface area contributed by atoms with Crippen molar-refractivity contribution in [2.24, 2.45) is 0 Å². The van der Waals surface area contributed by atoms with Crippen LogP contribution in [0, 0.1) is 0 Å². The van der Waals surface area contributed by atoms with Crippen LogP contribution < -0.4 is 4.74 Å². The summed E-state index contributed by atoms with van der Waals surface area (Å²) in [6, 6.07) is 25.6. The minimum atomic E-state index is -0.191. The Hall–Kier alpha value is -2.58. The molecule has 0 unspecified atom stereocenters. The number of benzene rings is 3. The van der Waals surface area contributed by atoms with Crippen molar-refractivity contribution in [3.8, 4) is 16.9 Å². The number of ether oxygens (including phenoxy) is 1. The fourth-order valence-electron chi connectivity index (χ4n) is 3.73. The molecule has 4 rings (SSSR count). The topological polar surface area (TPSA) is 29.5 Å². The van der Waals surface area contributed by atoms with E-state index in [4.69, 9.17) is 4.74 Å². The first-order valence-corrected chi connectivity index (χ1v) is 8.81. The predicted octanol–water partition coefficient (Wildman–Crippen LogP) is 4.80. The molecule has 0 amide bonds. The fraction of sp³-hybridized carbons (Fsp3) is 0.217. The van der Waals surface area contributed by atoms with Crippen LogP contribution in [0.2, 0.25) is 0 Å². The fourth-order valence-corrected chi connectivity index (χ4v) is 3.73.